The Labute approximate surface area is 138 Å². The van der Waals surface area contributed by atoms with Crippen molar-refractivity contribution in [2.45, 2.75) is 13.8 Å². The molecule has 0 spiro atoms. The predicted octanol–water partition coefficient (Wildman–Crippen LogP) is 4.35. The first-order valence-corrected chi connectivity index (χ1v) is 7.62. The van der Waals surface area contributed by atoms with Gasteiger partial charge < -0.3 is 9.47 Å². The zero-order valence-electron chi connectivity index (χ0n) is 13.3. The summed E-state index contributed by atoms with van der Waals surface area (Å²) in [5, 5.41) is 1.36. The van der Waals surface area contributed by atoms with Gasteiger partial charge >= 0.3 is 5.97 Å². The van der Waals surface area contributed by atoms with Gasteiger partial charge in [0, 0.05) is 16.3 Å². The van der Waals surface area contributed by atoms with Gasteiger partial charge in [0.2, 0.25) is 0 Å². The summed E-state index contributed by atoms with van der Waals surface area (Å²) < 4.78 is 11.2. The van der Waals surface area contributed by atoms with Gasteiger partial charge in [0.05, 0.1) is 0 Å². The van der Waals surface area contributed by atoms with E-state index in [1.807, 2.05) is 38.1 Å². The summed E-state index contributed by atoms with van der Waals surface area (Å²) >= 11 is 0. The molecule has 1 aliphatic heterocycles. The molecule has 0 amide bonds. The van der Waals surface area contributed by atoms with E-state index in [0.29, 0.717) is 22.4 Å². The standard InChI is InChI=1S/C20H14O4/c1-11-5-3-7-15(12(11)2)23-16-10-9-14-18-13(16)6-4-8-17(18)24-20(22)19(14)21/h3-10H,1-2H3. The smallest absolute Gasteiger partial charge is 0.385 e. The molecule has 0 N–H and O–H groups in total. The van der Waals surface area contributed by atoms with E-state index in [4.69, 9.17) is 9.47 Å². The molecular weight excluding hydrogens is 304 g/mol. The lowest BCUT2D eigenvalue weighted by Crippen LogP contribution is -2.24. The van der Waals surface area contributed by atoms with Gasteiger partial charge in [-0.2, -0.15) is 0 Å². The van der Waals surface area contributed by atoms with Crippen molar-refractivity contribution in [3.05, 3.63) is 65.2 Å². The number of esters is 1. The number of ether oxygens (including phenoxy) is 2. The quantitative estimate of drug-likeness (QED) is 0.400. The molecule has 4 heteroatoms. The van der Waals surface area contributed by atoms with Crippen LogP contribution in [0, 0.1) is 13.8 Å². The van der Waals surface area contributed by atoms with E-state index in [9.17, 15) is 9.59 Å². The fourth-order valence-corrected chi connectivity index (χ4v) is 2.92. The molecule has 0 saturated heterocycles. The van der Waals surface area contributed by atoms with Crippen molar-refractivity contribution in [3.63, 3.8) is 0 Å². The number of ketones is 1. The maximum absolute atomic E-state index is 12.1. The third-order valence-electron chi connectivity index (χ3n) is 4.37. The Hall–Kier alpha value is -3.14. The van der Waals surface area contributed by atoms with Gasteiger partial charge in [0.25, 0.3) is 5.78 Å². The van der Waals surface area contributed by atoms with Crippen molar-refractivity contribution in [2.24, 2.45) is 0 Å². The maximum Gasteiger partial charge on any atom is 0.385 e. The molecule has 1 heterocycles. The van der Waals surface area contributed by atoms with Gasteiger partial charge in [-0.3, -0.25) is 4.79 Å². The number of hydrogen-bond donors (Lipinski definition) is 0. The number of hydrogen-bond acceptors (Lipinski definition) is 4. The average Bonchev–Trinajstić information content (AvgIpc) is 2.58. The van der Waals surface area contributed by atoms with E-state index in [2.05, 4.69) is 0 Å². The SMILES string of the molecule is Cc1cccc(Oc2ccc3c4c(cccc24)OC(=O)C3=O)c1C. The van der Waals surface area contributed by atoms with Crippen LogP contribution in [0.15, 0.2) is 48.5 Å². The van der Waals surface area contributed by atoms with E-state index in [-0.39, 0.29) is 0 Å². The summed E-state index contributed by atoms with van der Waals surface area (Å²) in [6.07, 6.45) is 0. The Balaban J connectivity index is 1.91. The van der Waals surface area contributed by atoms with Crippen LogP contribution >= 0.6 is 0 Å². The number of Topliss-reactive ketones (excluding diaryl/α,β-unsaturated/α-hetero) is 1. The minimum atomic E-state index is -0.849. The third-order valence-corrected chi connectivity index (χ3v) is 4.37. The molecule has 0 atom stereocenters. The molecule has 3 aromatic rings. The molecule has 4 nitrogen and oxygen atoms in total. The highest BCUT2D eigenvalue weighted by Gasteiger charge is 2.29. The second-order valence-electron chi connectivity index (χ2n) is 5.81. The molecule has 0 fully saturated rings. The topological polar surface area (TPSA) is 52.6 Å². The van der Waals surface area contributed by atoms with Crippen molar-refractivity contribution in [1.29, 1.82) is 0 Å². The molecule has 3 aromatic carbocycles. The Bertz CT molecular complexity index is 1020. The number of rotatable bonds is 2. The zero-order chi connectivity index (χ0) is 16.8. The number of benzene rings is 3. The van der Waals surface area contributed by atoms with Crippen LogP contribution in [0.2, 0.25) is 0 Å². The minimum Gasteiger partial charge on any atom is -0.456 e. The van der Waals surface area contributed by atoms with Crippen LogP contribution in [0.4, 0.5) is 0 Å². The van der Waals surface area contributed by atoms with E-state index in [1.54, 1.807) is 24.3 Å². The van der Waals surface area contributed by atoms with Gasteiger partial charge in [-0.25, -0.2) is 4.79 Å². The molecule has 118 valence electrons. The van der Waals surface area contributed by atoms with Crippen LogP contribution in [0.5, 0.6) is 17.2 Å². The lowest BCUT2D eigenvalue weighted by atomic mass is 9.98. The first-order valence-electron chi connectivity index (χ1n) is 7.62. The van der Waals surface area contributed by atoms with Gasteiger partial charge in [-0.05, 0) is 49.2 Å². The summed E-state index contributed by atoms with van der Waals surface area (Å²) in [6, 6.07) is 14.5. The minimum absolute atomic E-state index is 0.352. The van der Waals surface area contributed by atoms with Crippen LogP contribution in [-0.2, 0) is 4.79 Å². The van der Waals surface area contributed by atoms with Crippen LogP contribution in [0.1, 0.15) is 21.5 Å². The summed E-state index contributed by atoms with van der Waals surface area (Å²) in [5.41, 5.74) is 2.55. The molecular formula is C20H14O4. The Morgan fingerprint density at radius 3 is 2.50 bits per heavy atom. The van der Waals surface area contributed by atoms with Gasteiger partial charge in [0.1, 0.15) is 17.2 Å². The molecule has 0 aliphatic carbocycles. The Kier molecular flexibility index (Phi) is 3.13. The normalized spacial score (nSPS) is 13.1. The van der Waals surface area contributed by atoms with Crippen molar-refractivity contribution in [2.75, 3.05) is 0 Å². The van der Waals surface area contributed by atoms with Crippen LogP contribution in [0.3, 0.4) is 0 Å². The van der Waals surface area contributed by atoms with E-state index in [1.165, 1.54) is 0 Å². The highest BCUT2D eigenvalue weighted by Crippen LogP contribution is 2.40. The lowest BCUT2D eigenvalue weighted by Gasteiger charge is -2.18. The van der Waals surface area contributed by atoms with Gasteiger partial charge in [0.15, 0.2) is 0 Å². The fourth-order valence-electron chi connectivity index (χ4n) is 2.92. The van der Waals surface area contributed by atoms with Gasteiger partial charge in [-0.1, -0.05) is 24.3 Å². The molecule has 1 aliphatic rings. The molecule has 0 aromatic heterocycles. The summed E-state index contributed by atoms with van der Waals surface area (Å²) in [5.74, 6) is 0.290. The zero-order valence-corrected chi connectivity index (χ0v) is 13.3. The first kappa shape index (κ1) is 14.5. The summed E-state index contributed by atoms with van der Waals surface area (Å²) in [7, 11) is 0. The molecule has 4 rings (SSSR count). The first-order chi connectivity index (χ1) is 11.6. The molecule has 0 saturated carbocycles. The fraction of sp³-hybridized carbons (Fsp3) is 0.100. The largest absolute Gasteiger partial charge is 0.456 e. The van der Waals surface area contributed by atoms with E-state index < -0.39 is 11.8 Å². The van der Waals surface area contributed by atoms with Crippen molar-refractivity contribution in [1.82, 2.24) is 0 Å². The van der Waals surface area contributed by atoms with Crippen molar-refractivity contribution < 1.29 is 19.1 Å². The Morgan fingerprint density at radius 2 is 1.67 bits per heavy atom. The number of aryl methyl sites for hydroxylation is 1. The van der Waals surface area contributed by atoms with Crippen LogP contribution in [-0.4, -0.2) is 11.8 Å². The molecule has 0 radical (unpaired) electrons. The monoisotopic (exact) mass is 318 g/mol. The lowest BCUT2D eigenvalue weighted by molar-refractivity contribution is -0.129. The second kappa shape index (κ2) is 5.20. The van der Waals surface area contributed by atoms with Gasteiger partial charge in [-0.15, -0.1) is 0 Å². The predicted molar refractivity (Wildman–Crippen MR) is 89.9 cm³/mol. The number of carbonyl (C=O) groups excluding carboxylic acids is 2. The van der Waals surface area contributed by atoms with Crippen molar-refractivity contribution >= 4 is 22.5 Å². The highest BCUT2D eigenvalue weighted by atomic mass is 16.5. The average molecular weight is 318 g/mol. The van der Waals surface area contributed by atoms with Crippen LogP contribution < -0.4 is 9.47 Å². The second-order valence-corrected chi connectivity index (χ2v) is 5.81. The third kappa shape index (κ3) is 2.07. The highest BCUT2D eigenvalue weighted by molar-refractivity contribution is 6.45. The molecule has 0 bridgehead atoms. The van der Waals surface area contributed by atoms with E-state index in [0.717, 1.165) is 22.3 Å². The molecule has 0 unspecified atom stereocenters. The Morgan fingerprint density at radius 1 is 0.875 bits per heavy atom. The van der Waals surface area contributed by atoms with Crippen molar-refractivity contribution in [3.8, 4) is 17.2 Å². The summed E-state index contributed by atoms with van der Waals surface area (Å²) in [4.78, 5) is 23.7. The summed E-state index contributed by atoms with van der Waals surface area (Å²) in [6.45, 7) is 4.03. The maximum atomic E-state index is 12.1. The molecule has 24 heavy (non-hydrogen) atoms. The van der Waals surface area contributed by atoms with E-state index >= 15 is 0 Å². The van der Waals surface area contributed by atoms with Crippen LogP contribution in [0.25, 0.3) is 10.8 Å². The number of carbonyl (C=O) groups is 2.